The van der Waals surface area contributed by atoms with E-state index in [0.717, 1.165) is 54.8 Å². The van der Waals surface area contributed by atoms with Crippen LogP contribution in [-0.2, 0) is 13.1 Å². The van der Waals surface area contributed by atoms with Crippen molar-refractivity contribution >= 4 is 0 Å². The van der Waals surface area contributed by atoms with Crippen molar-refractivity contribution in [3.8, 4) is 17.2 Å². The van der Waals surface area contributed by atoms with Crippen molar-refractivity contribution in [2.45, 2.75) is 45.4 Å². The summed E-state index contributed by atoms with van der Waals surface area (Å²) in [5.74, 6) is 3.25. The number of likely N-dealkylation sites (tertiary alicyclic amines) is 1. The molecule has 4 rings (SSSR count). The number of piperidine rings is 1. The van der Waals surface area contributed by atoms with Gasteiger partial charge in [-0.1, -0.05) is 23.8 Å². The van der Waals surface area contributed by atoms with Crippen LogP contribution < -0.4 is 14.2 Å². The molecule has 7 heteroatoms. The Morgan fingerprint density at radius 2 is 1.76 bits per heavy atom. The normalized spacial score (nSPS) is 15.8. The van der Waals surface area contributed by atoms with Crippen LogP contribution in [0.5, 0.6) is 17.2 Å². The van der Waals surface area contributed by atoms with Crippen LogP contribution in [0.15, 0.2) is 54.9 Å². The van der Waals surface area contributed by atoms with Gasteiger partial charge in [-0.2, -0.15) is 0 Å². The van der Waals surface area contributed by atoms with Gasteiger partial charge in [-0.15, -0.1) is 0 Å². The zero-order chi connectivity index (χ0) is 24.0. The molecule has 7 nitrogen and oxygen atoms in total. The molecule has 2 heterocycles. The fourth-order valence-electron chi connectivity index (χ4n) is 4.21. The zero-order valence-electron chi connectivity index (χ0n) is 20.4. The molecule has 1 aromatic heterocycles. The Hall–Kier alpha value is -3.03. The molecule has 3 aromatic rings. The Balaban J connectivity index is 1.28. The smallest absolute Gasteiger partial charge is 0.161 e. The molecule has 0 atom stereocenters. The Labute approximate surface area is 201 Å². The van der Waals surface area contributed by atoms with Crippen LogP contribution in [0.3, 0.4) is 0 Å². The number of ether oxygens (including phenoxy) is 3. The van der Waals surface area contributed by atoms with Crippen LogP contribution in [0.1, 0.15) is 29.8 Å². The minimum Gasteiger partial charge on any atom is -0.493 e. The maximum Gasteiger partial charge on any atom is 0.161 e. The average Bonchev–Trinajstić information content (AvgIpc) is 3.25. The molecule has 1 saturated heterocycles. The first-order valence-corrected chi connectivity index (χ1v) is 11.9. The number of hydrogen-bond donors (Lipinski definition) is 1. The summed E-state index contributed by atoms with van der Waals surface area (Å²) in [5, 5.41) is 11.0. The molecular formula is C27H35N3O4. The molecule has 1 aliphatic heterocycles. The van der Waals surface area contributed by atoms with Gasteiger partial charge in [-0.05, 0) is 56.5 Å². The lowest BCUT2D eigenvalue weighted by Crippen LogP contribution is -2.47. The van der Waals surface area contributed by atoms with Gasteiger partial charge in [-0.25, -0.2) is 4.98 Å². The van der Waals surface area contributed by atoms with Crippen molar-refractivity contribution in [2.24, 2.45) is 0 Å². The molecule has 0 aliphatic carbocycles. The summed E-state index contributed by atoms with van der Waals surface area (Å²) in [4.78, 5) is 6.61. The van der Waals surface area contributed by atoms with Crippen molar-refractivity contribution in [1.82, 2.24) is 14.5 Å². The monoisotopic (exact) mass is 465 g/mol. The van der Waals surface area contributed by atoms with Crippen molar-refractivity contribution in [1.29, 1.82) is 0 Å². The Morgan fingerprint density at radius 3 is 2.44 bits per heavy atom. The highest BCUT2D eigenvalue weighted by molar-refractivity contribution is 5.43. The molecular weight excluding hydrogens is 430 g/mol. The van der Waals surface area contributed by atoms with Crippen molar-refractivity contribution in [2.75, 3.05) is 33.4 Å². The van der Waals surface area contributed by atoms with E-state index in [2.05, 4.69) is 26.6 Å². The van der Waals surface area contributed by atoms with Crippen molar-refractivity contribution in [3.63, 3.8) is 0 Å². The number of aromatic nitrogens is 2. The maximum absolute atomic E-state index is 11.0. The minimum atomic E-state index is -0.791. The molecule has 182 valence electrons. The van der Waals surface area contributed by atoms with Gasteiger partial charge in [0.25, 0.3) is 0 Å². The largest absolute Gasteiger partial charge is 0.493 e. The second-order valence-corrected chi connectivity index (χ2v) is 9.10. The number of methoxy groups -OCH3 is 1. The lowest BCUT2D eigenvalue weighted by atomic mass is 9.92. The molecule has 1 fully saturated rings. The number of imidazole rings is 1. The molecule has 0 unspecified atom stereocenters. The third-order valence-corrected chi connectivity index (χ3v) is 6.46. The highest BCUT2D eigenvalue weighted by atomic mass is 16.5. The predicted octanol–water partition coefficient (Wildman–Crippen LogP) is 3.99. The summed E-state index contributed by atoms with van der Waals surface area (Å²) >= 11 is 0. The molecule has 0 bridgehead atoms. The lowest BCUT2D eigenvalue weighted by molar-refractivity contribution is -0.0537. The first-order valence-electron chi connectivity index (χ1n) is 11.9. The van der Waals surface area contributed by atoms with Gasteiger partial charge in [-0.3, -0.25) is 4.90 Å². The van der Waals surface area contributed by atoms with Crippen LogP contribution in [0.4, 0.5) is 0 Å². The molecule has 1 N–H and O–H groups in total. The van der Waals surface area contributed by atoms with E-state index in [1.54, 1.807) is 13.3 Å². The molecule has 0 amide bonds. The Kier molecular flexibility index (Phi) is 7.75. The average molecular weight is 466 g/mol. The van der Waals surface area contributed by atoms with Gasteiger partial charge in [0.1, 0.15) is 30.4 Å². The molecule has 34 heavy (non-hydrogen) atoms. The fraction of sp³-hybridized carbons (Fsp3) is 0.444. The third-order valence-electron chi connectivity index (χ3n) is 6.46. The predicted molar refractivity (Wildman–Crippen MR) is 132 cm³/mol. The number of benzene rings is 2. The van der Waals surface area contributed by atoms with E-state index in [1.165, 1.54) is 5.56 Å². The summed E-state index contributed by atoms with van der Waals surface area (Å²) in [5.41, 5.74) is 1.57. The number of aryl methyl sites for hydroxylation is 2. The zero-order valence-corrected chi connectivity index (χ0v) is 20.4. The van der Waals surface area contributed by atoms with Gasteiger partial charge in [0.05, 0.1) is 13.7 Å². The van der Waals surface area contributed by atoms with Gasteiger partial charge < -0.3 is 23.9 Å². The Morgan fingerprint density at radius 1 is 1.00 bits per heavy atom. The number of aliphatic hydroxyl groups is 1. The SMILES string of the molecule is COc1ccc(CN2CCC(O)(COc3ccc(C)cc3)CC2)cc1OCCn1ccnc1C. The quantitative estimate of drug-likeness (QED) is 0.488. The molecule has 1 aliphatic rings. The van der Waals surface area contributed by atoms with Crippen molar-refractivity contribution < 1.29 is 19.3 Å². The summed E-state index contributed by atoms with van der Waals surface area (Å²) in [6.45, 7) is 8.05. The van der Waals surface area contributed by atoms with Crippen LogP contribution in [0, 0.1) is 13.8 Å². The first kappa shape index (κ1) is 24.1. The van der Waals surface area contributed by atoms with E-state index in [9.17, 15) is 5.11 Å². The molecule has 0 radical (unpaired) electrons. The third kappa shape index (κ3) is 6.30. The molecule has 0 spiro atoms. The summed E-state index contributed by atoms with van der Waals surface area (Å²) < 4.78 is 19.5. The highest BCUT2D eigenvalue weighted by Crippen LogP contribution is 2.30. The van der Waals surface area contributed by atoms with E-state index in [-0.39, 0.29) is 0 Å². The highest BCUT2D eigenvalue weighted by Gasteiger charge is 2.33. The summed E-state index contributed by atoms with van der Waals surface area (Å²) in [6, 6.07) is 14.0. The lowest BCUT2D eigenvalue weighted by Gasteiger charge is -2.38. The summed E-state index contributed by atoms with van der Waals surface area (Å²) in [6.07, 6.45) is 5.12. The van der Waals surface area contributed by atoms with Crippen molar-refractivity contribution in [3.05, 3.63) is 71.8 Å². The van der Waals surface area contributed by atoms with Gasteiger partial charge in [0.15, 0.2) is 11.5 Å². The minimum absolute atomic E-state index is 0.320. The van der Waals surface area contributed by atoms with E-state index in [1.807, 2.05) is 50.4 Å². The standard InChI is InChI=1S/C27H35N3O4/c1-21-4-7-24(8-5-21)34-20-27(31)10-13-29(14-11-27)19-23-6-9-25(32-3)26(18-23)33-17-16-30-15-12-28-22(30)2/h4-9,12,15,18,31H,10-11,13-14,16-17,19-20H2,1-3H3. The summed E-state index contributed by atoms with van der Waals surface area (Å²) in [7, 11) is 1.66. The first-order chi connectivity index (χ1) is 16.4. The van der Waals surface area contributed by atoms with Crippen LogP contribution >= 0.6 is 0 Å². The van der Waals surface area contributed by atoms with Gasteiger partial charge in [0, 0.05) is 32.0 Å². The second-order valence-electron chi connectivity index (χ2n) is 9.10. The van der Waals surface area contributed by atoms with E-state index < -0.39 is 5.60 Å². The van der Waals surface area contributed by atoms with Crippen LogP contribution in [0.25, 0.3) is 0 Å². The van der Waals surface area contributed by atoms with E-state index in [4.69, 9.17) is 14.2 Å². The van der Waals surface area contributed by atoms with Gasteiger partial charge in [0.2, 0.25) is 0 Å². The fourth-order valence-corrected chi connectivity index (χ4v) is 4.21. The number of hydrogen-bond acceptors (Lipinski definition) is 6. The van der Waals surface area contributed by atoms with Crippen LogP contribution in [0.2, 0.25) is 0 Å². The maximum atomic E-state index is 11.0. The Bertz CT molecular complexity index is 1060. The molecule has 2 aromatic carbocycles. The topological polar surface area (TPSA) is 69.0 Å². The van der Waals surface area contributed by atoms with Crippen LogP contribution in [-0.4, -0.2) is 58.6 Å². The number of nitrogens with zero attached hydrogens (tertiary/aromatic N) is 3. The van der Waals surface area contributed by atoms with E-state index >= 15 is 0 Å². The molecule has 0 saturated carbocycles. The van der Waals surface area contributed by atoms with E-state index in [0.29, 0.717) is 26.1 Å². The number of rotatable bonds is 10. The second kappa shape index (κ2) is 10.9. The van der Waals surface area contributed by atoms with Gasteiger partial charge >= 0.3 is 0 Å².